The summed E-state index contributed by atoms with van der Waals surface area (Å²) in [5, 5.41) is 5.62. The van der Waals surface area contributed by atoms with E-state index in [2.05, 4.69) is 24.8 Å². The summed E-state index contributed by atoms with van der Waals surface area (Å²) in [6, 6.07) is 10.9. The minimum absolute atomic E-state index is 0.198. The number of aromatic nitrogens is 3. The van der Waals surface area contributed by atoms with Crippen LogP contribution in [0, 0.1) is 0 Å². The van der Waals surface area contributed by atoms with Crippen molar-refractivity contribution in [2.75, 3.05) is 36.4 Å². The van der Waals surface area contributed by atoms with Crippen molar-refractivity contribution in [2.24, 2.45) is 0 Å². The zero-order valence-electron chi connectivity index (χ0n) is 26.5. The zero-order chi connectivity index (χ0) is 32.9. The monoisotopic (exact) mass is 673 g/mol. The van der Waals surface area contributed by atoms with Gasteiger partial charge < -0.3 is 24.0 Å². The van der Waals surface area contributed by atoms with Crippen LogP contribution in [0.15, 0.2) is 54.3 Å². The highest BCUT2D eigenvalue weighted by Gasteiger charge is 2.42. The van der Waals surface area contributed by atoms with Gasteiger partial charge in [-0.25, -0.2) is 14.8 Å². The van der Waals surface area contributed by atoms with Crippen molar-refractivity contribution in [3.05, 3.63) is 81.8 Å². The van der Waals surface area contributed by atoms with Crippen LogP contribution in [0.2, 0.25) is 5.02 Å². The van der Waals surface area contributed by atoms with Crippen molar-refractivity contribution in [1.29, 1.82) is 0 Å². The molecule has 11 nitrogen and oxygen atoms in total. The number of amides is 3. The molecule has 3 aliphatic heterocycles. The Morgan fingerprint density at radius 2 is 1.79 bits per heavy atom. The first kappa shape index (κ1) is 31.2. The summed E-state index contributed by atoms with van der Waals surface area (Å²) < 4.78 is 7.58. The molecular weight excluding hydrogens is 638 g/mol. The summed E-state index contributed by atoms with van der Waals surface area (Å²) in [5.41, 5.74) is 5.02. The molecule has 3 amide bonds. The van der Waals surface area contributed by atoms with E-state index in [0.717, 1.165) is 41.9 Å². The van der Waals surface area contributed by atoms with Gasteiger partial charge in [-0.15, -0.1) is 11.3 Å². The van der Waals surface area contributed by atoms with Crippen LogP contribution in [0.25, 0.3) is 11.1 Å². The molecule has 4 aromatic rings. The normalized spacial score (nSPS) is 16.7. The van der Waals surface area contributed by atoms with Gasteiger partial charge in [0, 0.05) is 78.4 Å². The molecule has 0 bridgehead atoms. The van der Waals surface area contributed by atoms with Gasteiger partial charge in [0.25, 0.3) is 11.8 Å². The maximum Gasteiger partial charge on any atom is 0.410 e. The first-order valence-electron chi connectivity index (χ1n) is 15.8. The molecule has 0 saturated carbocycles. The first-order valence-corrected chi connectivity index (χ1v) is 17.0. The third kappa shape index (κ3) is 6.19. The van der Waals surface area contributed by atoms with Gasteiger partial charge in [0.15, 0.2) is 11.2 Å². The number of hydrogen-bond acceptors (Lipinski definition) is 8. The Balaban J connectivity index is 1.10. The van der Waals surface area contributed by atoms with Crippen molar-refractivity contribution in [2.45, 2.75) is 58.3 Å². The first-order chi connectivity index (χ1) is 22.6. The molecule has 47 heavy (non-hydrogen) atoms. The fourth-order valence-electron chi connectivity index (χ4n) is 6.50. The second kappa shape index (κ2) is 12.3. The molecule has 0 aliphatic carbocycles. The Labute approximate surface area is 282 Å². The molecule has 1 saturated heterocycles. The topological polar surface area (TPSA) is 113 Å². The summed E-state index contributed by atoms with van der Waals surface area (Å²) in [5.74, 6) is -0.615. The number of imidazole rings is 1. The van der Waals surface area contributed by atoms with E-state index in [1.54, 1.807) is 27.7 Å². The number of nitrogens with one attached hydrogen (secondary N) is 1. The molecule has 2 aromatic carbocycles. The Kier molecular flexibility index (Phi) is 8.17. The van der Waals surface area contributed by atoms with Crippen molar-refractivity contribution < 1.29 is 19.1 Å². The second-order valence-electron chi connectivity index (χ2n) is 13.0. The van der Waals surface area contributed by atoms with E-state index in [9.17, 15) is 14.4 Å². The number of ether oxygens (including phenoxy) is 1. The molecule has 5 heterocycles. The van der Waals surface area contributed by atoms with Crippen molar-refractivity contribution in [3.63, 3.8) is 0 Å². The number of anilines is 2. The second-order valence-corrected chi connectivity index (χ2v) is 14.3. The Morgan fingerprint density at radius 1 is 1.02 bits per heavy atom. The fourth-order valence-corrected chi connectivity index (χ4v) is 7.31. The molecule has 1 atom stereocenters. The smallest absolute Gasteiger partial charge is 0.410 e. The number of benzene rings is 2. The lowest BCUT2D eigenvalue weighted by molar-refractivity contribution is -0.121. The van der Waals surface area contributed by atoms with E-state index in [4.69, 9.17) is 16.3 Å². The van der Waals surface area contributed by atoms with Gasteiger partial charge in [-0.05, 0) is 69.0 Å². The Morgan fingerprint density at radius 3 is 2.49 bits per heavy atom. The maximum atomic E-state index is 14.1. The Hall–Kier alpha value is -4.42. The minimum Gasteiger partial charge on any atom is -0.444 e. The summed E-state index contributed by atoms with van der Waals surface area (Å²) in [6.45, 7) is 9.22. The van der Waals surface area contributed by atoms with Crippen LogP contribution >= 0.6 is 22.9 Å². The molecule has 0 spiro atoms. The number of hydrogen-bond donors (Lipinski definition) is 1. The summed E-state index contributed by atoms with van der Waals surface area (Å²) >= 11 is 8.17. The van der Waals surface area contributed by atoms with Crippen LogP contribution in [0.5, 0.6) is 0 Å². The van der Waals surface area contributed by atoms with Crippen LogP contribution < -0.4 is 10.2 Å². The number of rotatable bonds is 6. The van der Waals surface area contributed by atoms with Crippen LogP contribution in [0.1, 0.15) is 60.5 Å². The molecule has 0 radical (unpaired) electrons. The molecule has 1 N–H and O–H groups in total. The third-order valence-corrected chi connectivity index (χ3v) is 9.81. The SMILES string of the molecule is CC(C)(C)OC(=O)N1CCN(c2ccc(-c3cc(Cl)c4c(c3)C(=O)N(C(C(=O)Nc3nccs3)c3ncn5c3CCC5)C4)cc2)CC1. The van der Waals surface area contributed by atoms with Gasteiger partial charge in [0.1, 0.15) is 5.60 Å². The zero-order valence-corrected chi connectivity index (χ0v) is 28.1. The highest BCUT2D eigenvalue weighted by molar-refractivity contribution is 7.13. The molecule has 2 aromatic heterocycles. The third-order valence-electron chi connectivity index (χ3n) is 8.78. The van der Waals surface area contributed by atoms with Crippen LogP contribution in [-0.4, -0.2) is 74.0 Å². The predicted octanol–water partition coefficient (Wildman–Crippen LogP) is 6.00. The fraction of sp³-hybridized carbons (Fsp3) is 0.382. The van der Waals surface area contributed by atoms with E-state index < -0.39 is 11.6 Å². The molecular formula is C34H36ClN7O4S. The Bertz CT molecular complexity index is 1830. The summed E-state index contributed by atoms with van der Waals surface area (Å²) in [6.07, 6.45) is 4.86. The summed E-state index contributed by atoms with van der Waals surface area (Å²) in [7, 11) is 0. The van der Waals surface area contributed by atoms with Crippen molar-refractivity contribution in [3.8, 4) is 11.1 Å². The van der Waals surface area contributed by atoms with Crippen LogP contribution in [0.3, 0.4) is 0 Å². The number of aryl methyl sites for hydroxylation is 1. The van der Waals surface area contributed by atoms with Gasteiger partial charge >= 0.3 is 6.09 Å². The lowest BCUT2D eigenvalue weighted by Gasteiger charge is -2.36. The van der Waals surface area contributed by atoms with Gasteiger partial charge in [-0.3, -0.25) is 14.9 Å². The number of halogens is 1. The van der Waals surface area contributed by atoms with Crippen molar-refractivity contribution >= 4 is 51.7 Å². The largest absolute Gasteiger partial charge is 0.444 e. The highest BCUT2D eigenvalue weighted by Crippen LogP contribution is 2.40. The lowest BCUT2D eigenvalue weighted by Crippen LogP contribution is -2.50. The highest BCUT2D eigenvalue weighted by atomic mass is 35.5. The van der Waals surface area contributed by atoms with E-state index >= 15 is 0 Å². The average molecular weight is 674 g/mol. The molecule has 3 aliphatic rings. The van der Waals surface area contributed by atoms with E-state index in [0.29, 0.717) is 53.2 Å². The van der Waals surface area contributed by atoms with Gasteiger partial charge in [0.2, 0.25) is 0 Å². The van der Waals surface area contributed by atoms with Gasteiger partial charge in [-0.1, -0.05) is 23.7 Å². The number of carbonyl (C=O) groups is 3. The van der Waals surface area contributed by atoms with E-state index in [-0.39, 0.29) is 24.5 Å². The molecule has 1 unspecified atom stereocenters. The van der Waals surface area contributed by atoms with E-state index in [1.807, 2.05) is 57.2 Å². The molecule has 7 rings (SSSR count). The van der Waals surface area contributed by atoms with E-state index in [1.165, 1.54) is 11.3 Å². The number of fused-ring (bicyclic) bond motifs is 2. The average Bonchev–Trinajstić information content (AvgIpc) is 3.85. The molecule has 244 valence electrons. The maximum absolute atomic E-state index is 14.1. The van der Waals surface area contributed by atoms with Crippen LogP contribution in [-0.2, 0) is 29.0 Å². The molecule has 13 heteroatoms. The van der Waals surface area contributed by atoms with Gasteiger partial charge in [-0.2, -0.15) is 0 Å². The number of carbonyl (C=O) groups excluding carboxylic acids is 3. The number of nitrogens with zero attached hydrogens (tertiary/aromatic N) is 6. The minimum atomic E-state index is -0.928. The standard InChI is InChI=1S/C34H36ClN7O4S/c1-34(2,3)46-33(45)40-14-12-39(13-15-40)23-8-6-21(7-9-23)22-17-24-25(26(35)18-22)19-42(31(24)44)29(30(43)38-32-36-10-16-47-32)28-27-5-4-11-41(27)20-37-28/h6-10,16-18,20,29H,4-5,11-15,19H2,1-3H3,(H,36,38,43). The lowest BCUT2D eigenvalue weighted by atomic mass is 10.00. The van der Waals surface area contributed by atoms with Crippen molar-refractivity contribution in [1.82, 2.24) is 24.3 Å². The predicted molar refractivity (Wildman–Crippen MR) is 181 cm³/mol. The quantitative estimate of drug-likeness (QED) is 0.267. The summed E-state index contributed by atoms with van der Waals surface area (Å²) in [4.78, 5) is 54.7. The number of piperazine rings is 1. The number of thiazole rings is 1. The van der Waals surface area contributed by atoms with Crippen LogP contribution in [0.4, 0.5) is 15.6 Å². The molecule has 1 fully saturated rings. The van der Waals surface area contributed by atoms with Gasteiger partial charge in [0.05, 0.1) is 12.0 Å².